The standard InChI is InChI=1S/C12H17ClFNO2/c1-15(11(8-17)4-5-16)7-9-6-10(13)2-3-12(9)14/h2-3,6,11,16-17H,4-5,7-8H2,1H3. The lowest BCUT2D eigenvalue weighted by molar-refractivity contribution is 0.114. The third-order valence-corrected chi connectivity index (χ3v) is 2.96. The first-order valence-corrected chi connectivity index (χ1v) is 5.82. The predicted molar refractivity (Wildman–Crippen MR) is 65.5 cm³/mol. The molecule has 0 aromatic heterocycles. The van der Waals surface area contributed by atoms with E-state index in [0.717, 1.165) is 0 Å². The molecule has 0 spiro atoms. The molecule has 17 heavy (non-hydrogen) atoms. The molecule has 2 N–H and O–H groups in total. The van der Waals surface area contributed by atoms with Crippen LogP contribution in [0.5, 0.6) is 0 Å². The molecule has 0 aliphatic carbocycles. The third kappa shape index (κ3) is 4.24. The lowest BCUT2D eigenvalue weighted by Gasteiger charge is -2.26. The Hall–Kier alpha value is -0.680. The normalized spacial score (nSPS) is 13.1. The molecule has 0 saturated heterocycles. The zero-order chi connectivity index (χ0) is 12.8. The Morgan fingerprint density at radius 2 is 2.12 bits per heavy atom. The minimum atomic E-state index is -0.318. The van der Waals surface area contributed by atoms with Crippen LogP contribution in [0.4, 0.5) is 4.39 Å². The number of nitrogens with zero attached hydrogens (tertiary/aromatic N) is 1. The van der Waals surface area contributed by atoms with Crippen molar-refractivity contribution in [3.05, 3.63) is 34.6 Å². The van der Waals surface area contributed by atoms with Gasteiger partial charge in [-0.25, -0.2) is 4.39 Å². The molecule has 0 radical (unpaired) electrons. The molecule has 3 nitrogen and oxygen atoms in total. The molecule has 0 amide bonds. The summed E-state index contributed by atoms with van der Waals surface area (Å²) in [7, 11) is 1.77. The second kappa shape index (κ2) is 6.91. The zero-order valence-corrected chi connectivity index (χ0v) is 10.5. The number of halogens is 2. The van der Waals surface area contributed by atoms with E-state index in [9.17, 15) is 4.39 Å². The highest BCUT2D eigenvalue weighted by Crippen LogP contribution is 2.17. The van der Waals surface area contributed by atoms with Crippen LogP contribution in [0.2, 0.25) is 5.02 Å². The Bertz CT molecular complexity index is 362. The summed E-state index contributed by atoms with van der Waals surface area (Å²) in [4.78, 5) is 1.80. The first-order chi connectivity index (χ1) is 8.08. The highest BCUT2D eigenvalue weighted by atomic mass is 35.5. The van der Waals surface area contributed by atoms with Crippen LogP contribution in [-0.2, 0) is 6.54 Å². The predicted octanol–water partition coefficient (Wildman–Crippen LogP) is 1.65. The van der Waals surface area contributed by atoms with Gasteiger partial charge in [0.05, 0.1) is 6.61 Å². The highest BCUT2D eigenvalue weighted by molar-refractivity contribution is 6.30. The molecule has 0 aliphatic heterocycles. The summed E-state index contributed by atoms with van der Waals surface area (Å²) in [6.45, 7) is 0.268. The summed E-state index contributed by atoms with van der Waals surface area (Å²) < 4.78 is 13.5. The number of likely N-dealkylation sites (N-methyl/N-ethyl adjacent to an activating group) is 1. The average molecular weight is 262 g/mol. The van der Waals surface area contributed by atoms with Crippen molar-refractivity contribution >= 4 is 11.6 Å². The minimum absolute atomic E-state index is 0.00635. The van der Waals surface area contributed by atoms with Crippen molar-refractivity contribution in [2.75, 3.05) is 20.3 Å². The van der Waals surface area contributed by atoms with Crippen LogP contribution in [0.1, 0.15) is 12.0 Å². The van der Waals surface area contributed by atoms with Crippen molar-refractivity contribution in [3.63, 3.8) is 0 Å². The second-order valence-corrected chi connectivity index (χ2v) is 4.44. The van der Waals surface area contributed by atoms with Crippen LogP contribution in [0.15, 0.2) is 18.2 Å². The van der Waals surface area contributed by atoms with Crippen molar-refractivity contribution < 1.29 is 14.6 Å². The van der Waals surface area contributed by atoms with E-state index in [1.165, 1.54) is 12.1 Å². The van der Waals surface area contributed by atoms with Gasteiger partial charge in [-0.3, -0.25) is 4.90 Å². The molecule has 1 aromatic rings. The van der Waals surface area contributed by atoms with Gasteiger partial charge < -0.3 is 10.2 Å². The number of aliphatic hydroxyl groups is 2. The van der Waals surface area contributed by atoms with Crippen LogP contribution in [0.25, 0.3) is 0 Å². The molecular formula is C12H17ClFNO2. The maximum Gasteiger partial charge on any atom is 0.127 e. The Balaban J connectivity index is 2.72. The SMILES string of the molecule is CN(Cc1cc(Cl)ccc1F)C(CO)CCO. The summed E-state index contributed by atoms with van der Waals surface area (Å²) in [5.74, 6) is -0.318. The van der Waals surface area contributed by atoms with E-state index in [1.54, 1.807) is 18.0 Å². The van der Waals surface area contributed by atoms with Gasteiger partial charge in [0.1, 0.15) is 5.82 Å². The van der Waals surface area contributed by atoms with E-state index in [2.05, 4.69) is 0 Å². The van der Waals surface area contributed by atoms with Crippen LogP contribution in [-0.4, -0.2) is 41.4 Å². The van der Waals surface area contributed by atoms with E-state index in [1.807, 2.05) is 0 Å². The summed E-state index contributed by atoms with van der Waals surface area (Å²) in [5, 5.41) is 18.5. The largest absolute Gasteiger partial charge is 0.396 e. The lowest BCUT2D eigenvalue weighted by Crippen LogP contribution is -2.35. The number of hydrogen-bond acceptors (Lipinski definition) is 3. The van der Waals surface area contributed by atoms with Gasteiger partial charge in [-0.2, -0.15) is 0 Å². The lowest BCUT2D eigenvalue weighted by atomic mass is 10.1. The number of hydrogen-bond donors (Lipinski definition) is 2. The average Bonchev–Trinajstić information content (AvgIpc) is 2.30. The monoisotopic (exact) mass is 261 g/mol. The molecule has 1 rings (SSSR count). The fourth-order valence-corrected chi connectivity index (χ4v) is 1.86. The van der Waals surface area contributed by atoms with Gasteiger partial charge in [0.25, 0.3) is 0 Å². The van der Waals surface area contributed by atoms with Crippen LogP contribution in [0.3, 0.4) is 0 Å². The van der Waals surface area contributed by atoms with Gasteiger partial charge in [0.15, 0.2) is 0 Å². The molecule has 0 bridgehead atoms. The molecule has 0 fully saturated rings. The van der Waals surface area contributed by atoms with Gasteiger partial charge in [0.2, 0.25) is 0 Å². The summed E-state index contributed by atoms with van der Waals surface area (Å²) in [6.07, 6.45) is 0.454. The summed E-state index contributed by atoms with van der Waals surface area (Å²) >= 11 is 5.80. The van der Waals surface area contributed by atoms with Crippen molar-refractivity contribution in [1.82, 2.24) is 4.90 Å². The van der Waals surface area contributed by atoms with Crippen molar-refractivity contribution in [2.24, 2.45) is 0 Å². The van der Waals surface area contributed by atoms with E-state index in [-0.39, 0.29) is 25.1 Å². The third-order valence-electron chi connectivity index (χ3n) is 2.72. The van der Waals surface area contributed by atoms with Crippen LogP contribution >= 0.6 is 11.6 Å². The van der Waals surface area contributed by atoms with E-state index in [0.29, 0.717) is 23.6 Å². The van der Waals surface area contributed by atoms with Crippen LogP contribution < -0.4 is 0 Å². The molecular weight excluding hydrogens is 245 g/mol. The first-order valence-electron chi connectivity index (χ1n) is 5.44. The Morgan fingerprint density at radius 3 is 2.71 bits per heavy atom. The van der Waals surface area contributed by atoms with Crippen molar-refractivity contribution in [2.45, 2.75) is 19.0 Å². The van der Waals surface area contributed by atoms with E-state index in [4.69, 9.17) is 21.8 Å². The van der Waals surface area contributed by atoms with Crippen molar-refractivity contribution in [1.29, 1.82) is 0 Å². The van der Waals surface area contributed by atoms with Gasteiger partial charge in [-0.1, -0.05) is 11.6 Å². The molecule has 1 unspecified atom stereocenters. The minimum Gasteiger partial charge on any atom is -0.396 e. The Kier molecular flexibility index (Phi) is 5.85. The molecule has 96 valence electrons. The molecule has 1 atom stereocenters. The van der Waals surface area contributed by atoms with Crippen molar-refractivity contribution in [3.8, 4) is 0 Å². The Labute approximate surface area is 105 Å². The topological polar surface area (TPSA) is 43.7 Å². The van der Waals surface area contributed by atoms with E-state index >= 15 is 0 Å². The highest BCUT2D eigenvalue weighted by Gasteiger charge is 2.15. The van der Waals surface area contributed by atoms with Crippen LogP contribution in [0, 0.1) is 5.82 Å². The smallest absolute Gasteiger partial charge is 0.127 e. The molecule has 5 heteroatoms. The quantitative estimate of drug-likeness (QED) is 0.819. The first kappa shape index (κ1) is 14.4. The summed E-state index contributed by atoms with van der Waals surface area (Å²) in [6, 6.07) is 4.21. The van der Waals surface area contributed by atoms with E-state index < -0.39 is 0 Å². The molecule has 1 aromatic carbocycles. The Morgan fingerprint density at radius 1 is 1.41 bits per heavy atom. The zero-order valence-electron chi connectivity index (χ0n) is 9.74. The summed E-state index contributed by atoms with van der Waals surface area (Å²) in [5.41, 5.74) is 0.483. The van der Waals surface area contributed by atoms with Gasteiger partial charge >= 0.3 is 0 Å². The molecule has 0 saturated carbocycles. The fraction of sp³-hybridized carbons (Fsp3) is 0.500. The van der Waals surface area contributed by atoms with Gasteiger partial charge in [-0.05, 0) is 31.7 Å². The maximum absolute atomic E-state index is 13.5. The molecule has 0 heterocycles. The van der Waals surface area contributed by atoms with Gasteiger partial charge in [0, 0.05) is 29.8 Å². The fourth-order valence-electron chi connectivity index (χ4n) is 1.66. The molecule has 0 aliphatic rings. The number of benzene rings is 1. The number of rotatable bonds is 6. The van der Waals surface area contributed by atoms with Gasteiger partial charge in [-0.15, -0.1) is 0 Å². The maximum atomic E-state index is 13.5. The number of aliphatic hydroxyl groups excluding tert-OH is 2. The second-order valence-electron chi connectivity index (χ2n) is 4.00.